The average molecular weight is 333 g/mol. The predicted molar refractivity (Wildman–Crippen MR) is 87.3 cm³/mol. The lowest BCUT2D eigenvalue weighted by molar-refractivity contribution is -0.121. The van der Waals surface area contributed by atoms with Gasteiger partial charge in [-0.25, -0.2) is 0 Å². The van der Waals surface area contributed by atoms with Crippen molar-refractivity contribution in [2.45, 2.75) is 32.7 Å². The first-order chi connectivity index (χ1) is 10.0. The molecule has 0 unspecified atom stereocenters. The Hall–Kier alpha value is -0.970. The Morgan fingerprint density at radius 1 is 1.38 bits per heavy atom. The Balaban J connectivity index is 2.17. The van der Waals surface area contributed by atoms with E-state index in [1.165, 1.54) is 0 Å². The second-order valence-corrected chi connectivity index (χ2v) is 5.63. The fraction of sp³-hybridized carbons (Fsp3) is 0.533. The van der Waals surface area contributed by atoms with Crippen LogP contribution in [0, 0.1) is 0 Å². The molecule has 0 aliphatic carbocycles. The summed E-state index contributed by atoms with van der Waals surface area (Å²) in [6.45, 7) is 6.05. The number of carbonyl (C=O) groups excluding carboxylic acids is 1. The molecule has 0 radical (unpaired) electrons. The van der Waals surface area contributed by atoms with Gasteiger partial charge in [-0.05, 0) is 38.1 Å². The number of carbonyl (C=O) groups is 1. The molecule has 1 aromatic rings. The lowest BCUT2D eigenvalue weighted by Gasteiger charge is -2.13. The van der Waals surface area contributed by atoms with E-state index in [0.29, 0.717) is 41.8 Å². The molecule has 6 heteroatoms. The molecule has 0 aromatic heterocycles. The van der Waals surface area contributed by atoms with E-state index in [-0.39, 0.29) is 11.9 Å². The van der Waals surface area contributed by atoms with Crippen LogP contribution in [0.15, 0.2) is 18.2 Å². The number of rotatable bonds is 9. The first-order valence-electron chi connectivity index (χ1n) is 7.10. The van der Waals surface area contributed by atoms with Crippen LogP contribution < -0.4 is 15.4 Å². The summed E-state index contributed by atoms with van der Waals surface area (Å²) in [6, 6.07) is 5.36. The van der Waals surface area contributed by atoms with Gasteiger partial charge in [-0.2, -0.15) is 0 Å². The van der Waals surface area contributed by atoms with Crippen molar-refractivity contribution >= 4 is 29.1 Å². The van der Waals surface area contributed by atoms with E-state index in [1.807, 2.05) is 13.8 Å². The smallest absolute Gasteiger partial charge is 0.220 e. The summed E-state index contributed by atoms with van der Waals surface area (Å²) in [6.07, 6.45) is 1.07. The van der Waals surface area contributed by atoms with Crippen molar-refractivity contribution in [1.82, 2.24) is 10.6 Å². The summed E-state index contributed by atoms with van der Waals surface area (Å²) in [5.41, 5.74) is 0. The minimum Gasteiger partial charge on any atom is -0.492 e. The first-order valence-corrected chi connectivity index (χ1v) is 7.86. The Morgan fingerprint density at radius 3 is 2.81 bits per heavy atom. The van der Waals surface area contributed by atoms with Crippen LogP contribution >= 0.6 is 23.2 Å². The average Bonchev–Trinajstić information content (AvgIpc) is 2.43. The molecular formula is C15H22Cl2N2O2. The maximum absolute atomic E-state index is 11.6. The van der Waals surface area contributed by atoms with E-state index in [9.17, 15) is 4.79 Å². The van der Waals surface area contributed by atoms with E-state index >= 15 is 0 Å². The van der Waals surface area contributed by atoms with E-state index in [0.717, 1.165) is 6.54 Å². The zero-order chi connectivity index (χ0) is 15.7. The first kappa shape index (κ1) is 18.1. The highest BCUT2D eigenvalue weighted by molar-refractivity contribution is 6.35. The normalized spacial score (nSPS) is 12.0. The number of halogens is 2. The van der Waals surface area contributed by atoms with Gasteiger partial charge >= 0.3 is 0 Å². The number of likely N-dealkylation sites (N-methyl/N-ethyl adjacent to an activating group) is 1. The highest BCUT2D eigenvalue weighted by Crippen LogP contribution is 2.27. The van der Waals surface area contributed by atoms with Gasteiger partial charge in [0, 0.05) is 24.0 Å². The molecule has 1 atom stereocenters. The van der Waals surface area contributed by atoms with Crippen molar-refractivity contribution in [2.75, 3.05) is 19.7 Å². The standard InChI is InChI=1S/C15H22Cl2N2O2/c1-3-18-11(2)10-19-15(20)5-4-8-21-14-7-6-12(16)9-13(14)17/h6-7,9,11,18H,3-5,8,10H2,1-2H3,(H,19,20)/t11-/m1/s1. The molecular weight excluding hydrogens is 311 g/mol. The monoisotopic (exact) mass is 332 g/mol. The molecule has 0 heterocycles. The summed E-state index contributed by atoms with van der Waals surface area (Å²) < 4.78 is 5.52. The summed E-state index contributed by atoms with van der Waals surface area (Å²) in [5, 5.41) is 7.17. The second kappa shape index (κ2) is 9.87. The molecule has 0 aliphatic heterocycles. The van der Waals surface area contributed by atoms with Crippen LogP contribution in [0.5, 0.6) is 5.75 Å². The van der Waals surface area contributed by atoms with Crippen molar-refractivity contribution < 1.29 is 9.53 Å². The molecule has 0 aliphatic rings. The van der Waals surface area contributed by atoms with Gasteiger partial charge in [-0.15, -0.1) is 0 Å². The largest absolute Gasteiger partial charge is 0.492 e. The predicted octanol–water partition coefficient (Wildman–Crippen LogP) is 3.27. The minimum absolute atomic E-state index is 0.0329. The van der Waals surface area contributed by atoms with Gasteiger partial charge in [0.15, 0.2) is 0 Å². The molecule has 1 amide bonds. The van der Waals surface area contributed by atoms with Gasteiger partial charge in [0.25, 0.3) is 0 Å². The summed E-state index contributed by atoms with van der Waals surface area (Å²) in [4.78, 5) is 11.6. The van der Waals surface area contributed by atoms with Crippen LogP contribution in [0.4, 0.5) is 0 Å². The number of amides is 1. The van der Waals surface area contributed by atoms with Crippen LogP contribution in [0.25, 0.3) is 0 Å². The molecule has 0 saturated carbocycles. The highest BCUT2D eigenvalue weighted by atomic mass is 35.5. The lowest BCUT2D eigenvalue weighted by atomic mass is 10.3. The molecule has 0 spiro atoms. The SMILES string of the molecule is CCN[C@H](C)CNC(=O)CCCOc1ccc(Cl)cc1Cl. The molecule has 21 heavy (non-hydrogen) atoms. The molecule has 2 N–H and O–H groups in total. The number of ether oxygens (including phenoxy) is 1. The van der Waals surface area contributed by atoms with Crippen LogP contribution in [-0.4, -0.2) is 31.6 Å². The molecule has 0 bridgehead atoms. The summed E-state index contributed by atoms with van der Waals surface area (Å²) in [5.74, 6) is 0.618. The Labute approximate surface area is 136 Å². The molecule has 4 nitrogen and oxygen atoms in total. The fourth-order valence-corrected chi connectivity index (χ4v) is 2.25. The van der Waals surface area contributed by atoms with Gasteiger partial charge in [0.1, 0.15) is 5.75 Å². The Morgan fingerprint density at radius 2 is 2.14 bits per heavy atom. The number of benzene rings is 1. The van der Waals surface area contributed by atoms with Gasteiger partial charge in [-0.3, -0.25) is 4.79 Å². The van der Waals surface area contributed by atoms with Crippen molar-refractivity contribution in [3.8, 4) is 5.75 Å². The molecule has 0 saturated heterocycles. The fourth-order valence-electron chi connectivity index (χ4n) is 1.78. The van der Waals surface area contributed by atoms with Gasteiger partial charge in [0.2, 0.25) is 5.91 Å². The topological polar surface area (TPSA) is 50.4 Å². The molecule has 1 aromatic carbocycles. The van der Waals surface area contributed by atoms with E-state index < -0.39 is 0 Å². The van der Waals surface area contributed by atoms with Crippen molar-refractivity contribution in [2.24, 2.45) is 0 Å². The lowest BCUT2D eigenvalue weighted by Crippen LogP contribution is -2.38. The van der Waals surface area contributed by atoms with E-state index in [4.69, 9.17) is 27.9 Å². The quantitative estimate of drug-likeness (QED) is 0.682. The van der Waals surface area contributed by atoms with Crippen molar-refractivity contribution in [3.05, 3.63) is 28.2 Å². The van der Waals surface area contributed by atoms with Crippen LogP contribution in [0.1, 0.15) is 26.7 Å². The van der Waals surface area contributed by atoms with Crippen LogP contribution in [0.2, 0.25) is 10.0 Å². The third-order valence-electron chi connectivity index (χ3n) is 2.86. The van der Waals surface area contributed by atoms with Crippen molar-refractivity contribution in [1.29, 1.82) is 0 Å². The summed E-state index contributed by atoms with van der Waals surface area (Å²) in [7, 11) is 0. The minimum atomic E-state index is 0.0329. The van der Waals surface area contributed by atoms with E-state index in [1.54, 1.807) is 18.2 Å². The van der Waals surface area contributed by atoms with Gasteiger partial charge in [0.05, 0.1) is 11.6 Å². The van der Waals surface area contributed by atoms with Crippen molar-refractivity contribution in [3.63, 3.8) is 0 Å². The number of hydrogen-bond donors (Lipinski definition) is 2. The van der Waals surface area contributed by atoms with Crippen LogP contribution in [-0.2, 0) is 4.79 Å². The Kier molecular flexibility index (Phi) is 8.50. The number of nitrogens with one attached hydrogen (secondary N) is 2. The Bertz CT molecular complexity index is 455. The molecule has 0 fully saturated rings. The van der Waals surface area contributed by atoms with Crippen LogP contribution in [0.3, 0.4) is 0 Å². The zero-order valence-corrected chi connectivity index (χ0v) is 13.9. The van der Waals surface area contributed by atoms with Gasteiger partial charge in [-0.1, -0.05) is 30.1 Å². The third kappa shape index (κ3) is 7.55. The zero-order valence-electron chi connectivity index (χ0n) is 12.4. The number of hydrogen-bond acceptors (Lipinski definition) is 3. The maximum atomic E-state index is 11.6. The highest BCUT2D eigenvalue weighted by Gasteiger charge is 2.06. The molecule has 118 valence electrons. The summed E-state index contributed by atoms with van der Waals surface area (Å²) >= 11 is 11.8. The van der Waals surface area contributed by atoms with E-state index in [2.05, 4.69) is 10.6 Å². The van der Waals surface area contributed by atoms with Gasteiger partial charge < -0.3 is 15.4 Å². The third-order valence-corrected chi connectivity index (χ3v) is 3.39. The molecule has 1 rings (SSSR count). The second-order valence-electron chi connectivity index (χ2n) is 4.79. The maximum Gasteiger partial charge on any atom is 0.220 e.